The lowest BCUT2D eigenvalue weighted by atomic mass is 10.1. The van der Waals surface area contributed by atoms with Crippen molar-refractivity contribution in [1.29, 1.82) is 0 Å². The number of methoxy groups -OCH3 is 1. The molecule has 0 amide bonds. The zero-order valence-electron chi connectivity index (χ0n) is 13.3. The molecule has 124 valence electrons. The van der Waals surface area contributed by atoms with Crippen molar-refractivity contribution in [3.63, 3.8) is 0 Å². The predicted octanol–water partition coefficient (Wildman–Crippen LogP) is 2.91. The first-order valence-electron chi connectivity index (χ1n) is 7.56. The van der Waals surface area contributed by atoms with E-state index >= 15 is 0 Å². The Morgan fingerprint density at radius 1 is 1.24 bits per heavy atom. The zero-order chi connectivity index (χ0) is 17.4. The first kappa shape index (κ1) is 14.9. The highest BCUT2D eigenvalue weighted by Crippen LogP contribution is 2.28. The van der Waals surface area contributed by atoms with Gasteiger partial charge in [-0.15, -0.1) is 0 Å². The average molecular weight is 334 g/mol. The number of hydrogen-bond donors (Lipinski definition) is 2. The lowest BCUT2D eigenvalue weighted by molar-refractivity contribution is 0.0597. The van der Waals surface area contributed by atoms with Crippen LogP contribution in [-0.4, -0.2) is 37.9 Å². The fraction of sp³-hybridized carbons (Fsp3) is 0.0556. The van der Waals surface area contributed by atoms with Crippen LogP contribution in [0.25, 0.3) is 28.0 Å². The van der Waals surface area contributed by atoms with Crippen LogP contribution in [0, 0.1) is 0 Å². The van der Waals surface area contributed by atoms with Gasteiger partial charge in [0.05, 0.1) is 18.8 Å². The summed E-state index contributed by atoms with van der Waals surface area (Å²) in [7, 11) is 1.27. The molecule has 0 aliphatic rings. The van der Waals surface area contributed by atoms with Crippen LogP contribution in [0.1, 0.15) is 10.4 Å². The number of aromatic hydroxyl groups is 1. The molecule has 2 aromatic carbocycles. The summed E-state index contributed by atoms with van der Waals surface area (Å²) in [5.41, 5.74) is 2.60. The second kappa shape index (κ2) is 5.79. The fourth-order valence-corrected chi connectivity index (χ4v) is 2.75. The summed E-state index contributed by atoms with van der Waals surface area (Å²) in [6.07, 6.45) is 5.27. The molecule has 0 fully saturated rings. The number of hydrogen-bond acceptors (Lipinski definition) is 5. The Kier molecular flexibility index (Phi) is 3.46. The fourth-order valence-electron chi connectivity index (χ4n) is 2.75. The first-order valence-corrected chi connectivity index (χ1v) is 7.56. The quantitative estimate of drug-likeness (QED) is 0.562. The van der Waals surface area contributed by atoms with E-state index in [4.69, 9.17) is 4.74 Å². The number of phenolic OH excluding ortho intramolecular Hbond substituents is 1. The van der Waals surface area contributed by atoms with Gasteiger partial charge in [-0.2, -0.15) is 5.10 Å². The number of carbonyl (C=O) groups excluding carboxylic acids is 1. The number of rotatable bonds is 3. The summed E-state index contributed by atoms with van der Waals surface area (Å²) in [6.45, 7) is 0. The molecule has 7 heteroatoms. The van der Waals surface area contributed by atoms with E-state index in [0.29, 0.717) is 11.4 Å². The summed E-state index contributed by atoms with van der Waals surface area (Å²) in [5.74, 6) is -0.0899. The van der Waals surface area contributed by atoms with E-state index in [1.54, 1.807) is 24.5 Å². The Morgan fingerprint density at radius 3 is 2.96 bits per heavy atom. The summed E-state index contributed by atoms with van der Waals surface area (Å²) in [5, 5.41) is 17.9. The van der Waals surface area contributed by atoms with E-state index in [1.807, 2.05) is 29.0 Å². The number of carbonyl (C=O) groups is 1. The van der Waals surface area contributed by atoms with Gasteiger partial charge in [-0.3, -0.25) is 9.67 Å². The van der Waals surface area contributed by atoms with Crippen LogP contribution in [0.5, 0.6) is 5.75 Å². The number of imidazole rings is 1. The summed E-state index contributed by atoms with van der Waals surface area (Å²) in [6, 6.07) is 10.6. The molecule has 2 N–H and O–H groups in total. The molecular formula is C18H14N4O3. The number of fused-ring (bicyclic) bond motifs is 1. The molecule has 2 heterocycles. The molecule has 0 aliphatic heterocycles. The van der Waals surface area contributed by atoms with Crippen LogP contribution in [0.15, 0.2) is 55.0 Å². The molecule has 25 heavy (non-hydrogen) atoms. The molecule has 0 radical (unpaired) electrons. The minimum Gasteiger partial charge on any atom is -0.507 e. The Morgan fingerprint density at radius 2 is 2.12 bits per heavy atom. The van der Waals surface area contributed by atoms with E-state index < -0.39 is 5.97 Å². The van der Waals surface area contributed by atoms with Crippen molar-refractivity contribution in [2.45, 2.75) is 0 Å². The van der Waals surface area contributed by atoms with Crippen LogP contribution < -0.4 is 0 Å². The van der Waals surface area contributed by atoms with Crippen LogP contribution in [-0.2, 0) is 4.74 Å². The Labute approximate surface area is 142 Å². The number of phenols is 1. The second-order valence-corrected chi connectivity index (χ2v) is 5.49. The number of aromatic amines is 1. The van der Waals surface area contributed by atoms with Crippen LogP contribution >= 0.6 is 0 Å². The topological polar surface area (TPSA) is 93.0 Å². The van der Waals surface area contributed by atoms with Gasteiger partial charge in [-0.25, -0.2) is 9.78 Å². The van der Waals surface area contributed by atoms with E-state index in [9.17, 15) is 9.90 Å². The molecule has 0 atom stereocenters. The minimum atomic E-state index is -0.601. The molecule has 4 aromatic rings. The Bertz CT molecular complexity index is 1080. The normalized spacial score (nSPS) is 10.9. The van der Waals surface area contributed by atoms with Crippen molar-refractivity contribution in [3.8, 4) is 22.8 Å². The maximum atomic E-state index is 11.8. The number of aromatic nitrogens is 4. The number of benzene rings is 2. The van der Waals surface area contributed by atoms with Crippen molar-refractivity contribution in [1.82, 2.24) is 19.7 Å². The standard InChI is InChI=1S/C18H14N4O3/c1-25-18(24)14-8-11(3-5-16(14)23)17-19-6-7-22(17)13-4-2-12-10-20-21-15(12)9-13/h2-10,23H,1H3,(H,20,21). The molecule has 0 saturated carbocycles. The maximum Gasteiger partial charge on any atom is 0.341 e. The smallest absolute Gasteiger partial charge is 0.341 e. The van der Waals surface area contributed by atoms with E-state index in [0.717, 1.165) is 16.6 Å². The van der Waals surface area contributed by atoms with Gasteiger partial charge in [0.1, 0.15) is 17.1 Å². The summed E-state index contributed by atoms with van der Waals surface area (Å²) >= 11 is 0. The molecule has 0 unspecified atom stereocenters. The van der Waals surface area contributed by atoms with E-state index in [2.05, 4.69) is 15.2 Å². The van der Waals surface area contributed by atoms with Gasteiger partial charge < -0.3 is 9.84 Å². The van der Waals surface area contributed by atoms with Crippen molar-refractivity contribution in [2.24, 2.45) is 0 Å². The van der Waals surface area contributed by atoms with Crippen molar-refractivity contribution < 1.29 is 14.6 Å². The van der Waals surface area contributed by atoms with Crippen LogP contribution in [0.2, 0.25) is 0 Å². The lowest BCUT2D eigenvalue weighted by Crippen LogP contribution is -2.03. The molecule has 0 bridgehead atoms. The molecular weight excluding hydrogens is 320 g/mol. The van der Waals surface area contributed by atoms with Crippen molar-refractivity contribution >= 4 is 16.9 Å². The number of nitrogens with zero attached hydrogens (tertiary/aromatic N) is 3. The molecule has 7 nitrogen and oxygen atoms in total. The molecule has 0 spiro atoms. The minimum absolute atomic E-state index is 0.0959. The summed E-state index contributed by atoms with van der Waals surface area (Å²) < 4.78 is 6.60. The van der Waals surface area contributed by atoms with Crippen LogP contribution in [0.4, 0.5) is 0 Å². The van der Waals surface area contributed by atoms with Gasteiger partial charge in [-0.05, 0) is 36.4 Å². The zero-order valence-corrected chi connectivity index (χ0v) is 13.3. The Hall–Kier alpha value is -3.61. The largest absolute Gasteiger partial charge is 0.507 e. The van der Waals surface area contributed by atoms with Gasteiger partial charge in [-0.1, -0.05) is 0 Å². The number of ether oxygens (including phenoxy) is 1. The van der Waals surface area contributed by atoms with Gasteiger partial charge in [0, 0.05) is 29.0 Å². The van der Waals surface area contributed by atoms with Gasteiger partial charge in [0.15, 0.2) is 0 Å². The summed E-state index contributed by atoms with van der Waals surface area (Å²) in [4.78, 5) is 16.2. The predicted molar refractivity (Wildman–Crippen MR) is 91.7 cm³/mol. The third-order valence-corrected chi connectivity index (χ3v) is 4.00. The van der Waals surface area contributed by atoms with Crippen molar-refractivity contribution in [3.05, 3.63) is 60.6 Å². The first-order chi connectivity index (χ1) is 12.2. The second-order valence-electron chi connectivity index (χ2n) is 5.49. The van der Waals surface area contributed by atoms with Crippen LogP contribution in [0.3, 0.4) is 0 Å². The molecule has 0 saturated heterocycles. The number of H-pyrrole nitrogens is 1. The molecule has 4 rings (SSSR count). The highest BCUT2D eigenvalue weighted by Gasteiger charge is 2.15. The van der Waals surface area contributed by atoms with Gasteiger partial charge in [0.25, 0.3) is 0 Å². The highest BCUT2D eigenvalue weighted by atomic mass is 16.5. The monoisotopic (exact) mass is 334 g/mol. The maximum absolute atomic E-state index is 11.8. The highest BCUT2D eigenvalue weighted by molar-refractivity contribution is 5.93. The Balaban J connectivity index is 1.83. The molecule has 0 aliphatic carbocycles. The molecule has 2 aromatic heterocycles. The van der Waals surface area contributed by atoms with E-state index in [1.165, 1.54) is 13.2 Å². The number of nitrogens with one attached hydrogen (secondary N) is 1. The van der Waals surface area contributed by atoms with Gasteiger partial charge in [0.2, 0.25) is 0 Å². The third-order valence-electron chi connectivity index (χ3n) is 4.00. The SMILES string of the molecule is COC(=O)c1cc(-c2nccn2-c2ccc3cn[nH]c3c2)ccc1O. The third kappa shape index (κ3) is 2.51. The van der Waals surface area contributed by atoms with Crippen molar-refractivity contribution in [2.75, 3.05) is 7.11 Å². The van der Waals surface area contributed by atoms with Gasteiger partial charge >= 0.3 is 5.97 Å². The van der Waals surface area contributed by atoms with E-state index in [-0.39, 0.29) is 11.3 Å². The lowest BCUT2D eigenvalue weighted by Gasteiger charge is -2.10. The average Bonchev–Trinajstić information content (AvgIpc) is 3.29. The number of esters is 1.